The zero-order valence-electron chi connectivity index (χ0n) is 22.7. The van der Waals surface area contributed by atoms with Crippen molar-refractivity contribution in [2.45, 2.75) is 63.5 Å². The Hall–Kier alpha value is -1.22. The van der Waals surface area contributed by atoms with Gasteiger partial charge in [0.2, 0.25) is 5.91 Å². The SMILES string of the molecule is CN(C)CC1CCC(N2CCN(C)C(=O)C2)CC1.COC(=O)CNC1CCC(CN(C)C)CC1. The van der Waals surface area contributed by atoms with E-state index < -0.39 is 0 Å². The molecule has 0 atom stereocenters. The van der Waals surface area contributed by atoms with Gasteiger partial charge in [-0.15, -0.1) is 0 Å². The van der Waals surface area contributed by atoms with Gasteiger partial charge in [-0.2, -0.15) is 0 Å². The van der Waals surface area contributed by atoms with Gasteiger partial charge in [-0.05, 0) is 91.4 Å². The van der Waals surface area contributed by atoms with Crippen LogP contribution in [0.3, 0.4) is 0 Å². The van der Waals surface area contributed by atoms with Gasteiger partial charge in [0.05, 0.1) is 20.2 Å². The zero-order valence-corrected chi connectivity index (χ0v) is 22.7. The van der Waals surface area contributed by atoms with Gasteiger partial charge >= 0.3 is 5.97 Å². The normalized spacial score (nSPS) is 28.6. The van der Waals surface area contributed by atoms with E-state index in [-0.39, 0.29) is 11.9 Å². The molecule has 3 aliphatic rings. The Morgan fingerprint density at radius 1 is 0.912 bits per heavy atom. The van der Waals surface area contributed by atoms with Crippen molar-refractivity contribution < 1.29 is 14.3 Å². The minimum Gasteiger partial charge on any atom is -0.468 e. The van der Waals surface area contributed by atoms with Crippen molar-refractivity contribution in [3.05, 3.63) is 0 Å². The van der Waals surface area contributed by atoms with Gasteiger partial charge in [0.1, 0.15) is 0 Å². The first-order chi connectivity index (χ1) is 16.2. The second kappa shape index (κ2) is 15.0. The van der Waals surface area contributed by atoms with E-state index in [0.717, 1.165) is 24.9 Å². The standard InChI is InChI=1S/C14H27N3O.C12H24N2O2/c1-15(2)10-12-4-6-13(7-5-12)17-9-8-16(3)14(18)11-17;1-14(2)9-10-4-6-11(7-5-10)13-8-12(15)16-3/h12-13H,4-11H2,1-3H3;10-11,13H,4-9H2,1-3H3. The first-order valence-electron chi connectivity index (χ1n) is 13.3. The third-order valence-corrected chi connectivity index (χ3v) is 7.68. The molecule has 198 valence electrons. The first kappa shape index (κ1) is 29.0. The van der Waals surface area contributed by atoms with Crippen LogP contribution in [-0.4, -0.2) is 125 Å². The summed E-state index contributed by atoms with van der Waals surface area (Å²) in [7, 11) is 11.9. The molecule has 2 saturated carbocycles. The van der Waals surface area contributed by atoms with Gasteiger partial charge < -0.3 is 24.8 Å². The molecule has 0 radical (unpaired) electrons. The number of methoxy groups -OCH3 is 1. The smallest absolute Gasteiger partial charge is 0.319 e. The van der Waals surface area contributed by atoms with Crippen LogP contribution in [0.4, 0.5) is 0 Å². The van der Waals surface area contributed by atoms with Gasteiger partial charge in [0, 0.05) is 45.3 Å². The largest absolute Gasteiger partial charge is 0.468 e. The number of hydrogen-bond acceptors (Lipinski definition) is 7. The van der Waals surface area contributed by atoms with E-state index in [9.17, 15) is 9.59 Å². The molecule has 1 aliphatic heterocycles. The summed E-state index contributed by atoms with van der Waals surface area (Å²) in [6.45, 7) is 5.35. The van der Waals surface area contributed by atoms with Crippen LogP contribution >= 0.6 is 0 Å². The second-order valence-electron chi connectivity index (χ2n) is 11.2. The summed E-state index contributed by atoms with van der Waals surface area (Å²) in [5, 5.41) is 3.26. The number of hydrogen-bond donors (Lipinski definition) is 1. The maximum atomic E-state index is 11.7. The van der Waals surface area contributed by atoms with E-state index in [2.05, 4.69) is 52.9 Å². The molecule has 1 amide bonds. The summed E-state index contributed by atoms with van der Waals surface area (Å²) in [4.78, 5) is 31.5. The summed E-state index contributed by atoms with van der Waals surface area (Å²) < 4.78 is 4.61. The van der Waals surface area contributed by atoms with Crippen LogP contribution in [0.5, 0.6) is 0 Å². The molecular weight excluding hydrogens is 430 g/mol. The van der Waals surface area contributed by atoms with Crippen molar-refractivity contribution in [1.29, 1.82) is 0 Å². The van der Waals surface area contributed by atoms with Crippen LogP contribution in [0.2, 0.25) is 0 Å². The molecule has 8 heteroatoms. The summed E-state index contributed by atoms with van der Waals surface area (Å²) in [6.07, 6.45) is 10.1. The van der Waals surface area contributed by atoms with Gasteiger partial charge in [-0.3, -0.25) is 14.5 Å². The Morgan fingerprint density at radius 2 is 1.44 bits per heavy atom. The highest BCUT2D eigenvalue weighted by atomic mass is 16.5. The molecule has 0 aromatic rings. The predicted octanol–water partition coefficient (Wildman–Crippen LogP) is 1.75. The van der Waals surface area contributed by atoms with Crippen molar-refractivity contribution >= 4 is 11.9 Å². The molecule has 3 fully saturated rings. The maximum absolute atomic E-state index is 11.7. The molecule has 0 aromatic heterocycles. The molecule has 34 heavy (non-hydrogen) atoms. The van der Waals surface area contributed by atoms with Crippen molar-refractivity contribution in [1.82, 2.24) is 24.9 Å². The van der Waals surface area contributed by atoms with Crippen molar-refractivity contribution in [3.8, 4) is 0 Å². The molecular formula is C26H51N5O3. The highest BCUT2D eigenvalue weighted by Crippen LogP contribution is 2.28. The topological polar surface area (TPSA) is 68.4 Å². The van der Waals surface area contributed by atoms with Gasteiger partial charge in [-0.1, -0.05) is 0 Å². The van der Waals surface area contributed by atoms with Crippen molar-refractivity contribution in [3.63, 3.8) is 0 Å². The maximum Gasteiger partial charge on any atom is 0.319 e. The van der Waals surface area contributed by atoms with Crippen molar-refractivity contribution in [2.24, 2.45) is 11.8 Å². The quantitative estimate of drug-likeness (QED) is 0.530. The number of esters is 1. The lowest BCUT2D eigenvalue weighted by Gasteiger charge is -2.41. The van der Waals surface area contributed by atoms with E-state index in [0.29, 0.717) is 25.2 Å². The van der Waals surface area contributed by atoms with Crippen LogP contribution in [0.1, 0.15) is 51.4 Å². The Balaban J connectivity index is 0.000000242. The summed E-state index contributed by atoms with van der Waals surface area (Å²) >= 11 is 0. The molecule has 0 bridgehead atoms. The fraction of sp³-hybridized carbons (Fsp3) is 0.923. The number of carbonyl (C=O) groups excluding carboxylic acids is 2. The van der Waals surface area contributed by atoms with E-state index in [1.807, 2.05) is 11.9 Å². The van der Waals surface area contributed by atoms with E-state index in [1.165, 1.54) is 71.6 Å². The monoisotopic (exact) mass is 481 g/mol. The molecule has 8 nitrogen and oxygen atoms in total. The Labute approximate surface area is 208 Å². The number of amides is 1. The Kier molecular flexibility index (Phi) is 12.8. The molecule has 3 rings (SSSR count). The number of ether oxygens (including phenoxy) is 1. The molecule has 0 aromatic carbocycles. The average Bonchev–Trinajstić information content (AvgIpc) is 2.80. The number of nitrogens with zero attached hydrogens (tertiary/aromatic N) is 4. The minimum atomic E-state index is -0.171. The lowest BCUT2D eigenvalue weighted by atomic mass is 9.85. The summed E-state index contributed by atoms with van der Waals surface area (Å²) in [5.41, 5.74) is 0. The molecule has 2 aliphatic carbocycles. The molecule has 1 N–H and O–H groups in total. The average molecular weight is 482 g/mol. The number of rotatable bonds is 8. The van der Waals surface area contributed by atoms with Crippen LogP contribution < -0.4 is 5.32 Å². The van der Waals surface area contributed by atoms with Gasteiger partial charge in [0.25, 0.3) is 0 Å². The third kappa shape index (κ3) is 10.6. The number of likely N-dealkylation sites (N-methyl/N-ethyl adjacent to an activating group) is 1. The fourth-order valence-electron chi connectivity index (χ4n) is 5.66. The van der Waals surface area contributed by atoms with Crippen LogP contribution in [0, 0.1) is 11.8 Å². The van der Waals surface area contributed by atoms with Crippen LogP contribution in [-0.2, 0) is 14.3 Å². The number of nitrogens with one attached hydrogen (secondary N) is 1. The molecule has 1 saturated heterocycles. The molecule has 1 heterocycles. The third-order valence-electron chi connectivity index (χ3n) is 7.68. The van der Waals surface area contributed by atoms with Crippen LogP contribution in [0.15, 0.2) is 0 Å². The lowest BCUT2D eigenvalue weighted by molar-refractivity contribution is -0.139. The Bertz CT molecular complexity index is 599. The molecule has 0 unspecified atom stereocenters. The molecule has 0 spiro atoms. The zero-order chi connectivity index (χ0) is 25.1. The van der Waals surface area contributed by atoms with E-state index in [1.54, 1.807) is 0 Å². The highest BCUT2D eigenvalue weighted by molar-refractivity contribution is 5.78. The van der Waals surface area contributed by atoms with Crippen molar-refractivity contribution in [2.75, 3.05) is 81.6 Å². The van der Waals surface area contributed by atoms with Crippen LogP contribution in [0.25, 0.3) is 0 Å². The minimum absolute atomic E-state index is 0.171. The summed E-state index contributed by atoms with van der Waals surface area (Å²) in [5.74, 6) is 1.80. The Morgan fingerprint density at radius 3 is 1.91 bits per heavy atom. The summed E-state index contributed by atoms with van der Waals surface area (Å²) in [6, 6.07) is 1.15. The van der Waals surface area contributed by atoms with Gasteiger partial charge in [0.15, 0.2) is 0 Å². The predicted molar refractivity (Wildman–Crippen MR) is 138 cm³/mol. The van der Waals surface area contributed by atoms with E-state index >= 15 is 0 Å². The lowest BCUT2D eigenvalue weighted by Crippen LogP contribution is -2.53. The second-order valence-corrected chi connectivity index (χ2v) is 11.2. The number of piperazine rings is 1. The fourth-order valence-corrected chi connectivity index (χ4v) is 5.66. The van der Waals surface area contributed by atoms with Gasteiger partial charge in [-0.25, -0.2) is 0 Å². The number of carbonyl (C=O) groups is 2. The first-order valence-corrected chi connectivity index (χ1v) is 13.3. The van der Waals surface area contributed by atoms with E-state index in [4.69, 9.17) is 0 Å². The highest BCUT2D eigenvalue weighted by Gasteiger charge is 2.30.